The molecule has 0 heterocycles. The Bertz CT molecular complexity index is 1100. The molecule has 1 aliphatic rings. The maximum Gasteiger partial charge on any atom is -0.00115 e. The molecule has 0 aliphatic heterocycles. The molecule has 1 aliphatic carbocycles. The summed E-state index contributed by atoms with van der Waals surface area (Å²) >= 11 is 0. The van der Waals surface area contributed by atoms with Crippen LogP contribution in [0.4, 0.5) is 0 Å². The van der Waals surface area contributed by atoms with E-state index in [2.05, 4.69) is 86.6 Å². The highest BCUT2D eigenvalue weighted by Gasteiger charge is 2.26. The van der Waals surface area contributed by atoms with Crippen LogP contribution in [-0.2, 0) is 0 Å². The molecule has 0 N–H and O–H groups in total. The minimum atomic E-state index is 1.31. The molecular weight excluding hydrogens is 288 g/mol. The molecule has 0 fully saturated rings. The highest BCUT2D eigenvalue weighted by Crippen LogP contribution is 2.52. The van der Waals surface area contributed by atoms with Crippen LogP contribution in [0.15, 0.2) is 72.8 Å². The Hall–Kier alpha value is -2.86. The lowest BCUT2D eigenvalue weighted by Crippen LogP contribution is -1.93. The van der Waals surface area contributed by atoms with E-state index in [4.69, 9.17) is 0 Å². The van der Waals surface area contributed by atoms with Crippen molar-refractivity contribution < 1.29 is 0 Å². The van der Waals surface area contributed by atoms with Crippen LogP contribution in [0.2, 0.25) is 0 Å². The first-order valence-corrected chi connectivity index (χ1v) is 8.48. The first-order valence-electron chi connectivity index (χ1n) is 8.48. The minimum Gasteiger partial charge on any atom is -0.0622 e. The van der Waals surface area contributed by atoms with Gasteiger partial charge in [-0.25, -0.2) is 0 Å². The van der Waals surface area contributed by atoms with E-state index in [1.165, 1.54) is 55.3 Å². The maximum atomic E-state index is 2.27. The normalized spacial score (nSPS) is 11.8. The third-order valence-electron chi connectivity index (χ3n) is 5.46. The summed E-state index contributed by atoms with van der Waals surface area (Å²) in [5.41, 5.74) is 11.0. The molecule has 0 amide bonds. The zero-order valence-electron chi connectivity index (χ0n) is 13.9. The molecule has 5 rings (SSSR count). The second-order valence-corrected chi connectivity index (χ2v) is 6.64. The molecule has 0 spiro atoms. The second-order valence-electron chi connectivity index (χ2n) is 6.64. The Kier molecular flexibility index (Phi) is 2.72. The van der Waals surface area contributed by atoms with Crippen LogP contribution < -0.4 is 0 Å². The van der Waals surface area contributed by atoms with Gasteiger partial charge in [0.15, 0.2) is 0 Å². The van der Waals surface area contributed by atoms with E-state index in [1.807, 2.05) is 0 Å². The van der Waals surface area contributed by atoms with Gasteiger partial charge in [0.25, 0.3) is 0 Å². The highest BCUT2D eigenvalue weighted by molar-refractivity contribution is 6.20. The minimum absolute atomic E-state index is 1.31. The van der Waals surface area contributed by atoms with Crippen molar-refractivity contribution in [3.63, 3.8) is 0 Å². The van der Waals surface area contributed by atoms with Crippen molar-refractivity contribution in [1.29, 1.82) is 0 Å². The third kappa shape index (κ3) is 1.63. The smallest absolute Gasteiger partial charge is 0.00115 e. The first-order chi connectivity index (χ1) is 11.8. The van der Waals surface area contributed by atoms with Crippen LogP contribution in [0.25, 0.3) is 44.2 Å². The molecule has 0 heteroatoms. The summed E-state index contributed by atoms with van der Waals surface area (Å²) in [5.74, 6) is 0. The van der Waals surface area contributed by atoms with Crippen molar-refractivity contribution in [2.24, 2.45) is 0 Å². The van der Waals surface area contributed by atoms with E-state index in [0.29, 0.717) is 0 Å². The van der Waals surface area contributed by atoms with Gasteiger partial charge in [-0.2, -0.15) is 0 Å². The van der Waals surface area contributed by atoms with E-state index in [0.717, 1.165) is 0 Å². The summed E-state index contributed by atoms with van der Waals surface area (Å²) in [4.78, 5) is 0. The first kappa shape index (κ1) is 13.6. The van der Waals surface area contributed by atoms with Crippen molar-refractivity contribution in [2.75, 3.05) is 0 Å². The van der Waals surface area contributed by atoms with E-state index in [1.54, 1.807) is 0 Å². The summed E-state index contributed by atoms with van der Waals surface area (Å²) in [6.45, 7) is 4.52. The van der Waals surface area contributed by atoms with Gasteiger partial charge in [-0.15, -0.1) is 0 Å². The second kappa shape index (κ2) is 4.82. The molecule has 0 atom stereocenters. The number of hydrogen-bond donors (Lipinski definition) is 0. The molecule has 0 unspecified atom stereocenters. The molecule has 4 aromatic rings. The molecule has 24 heavy (non-hydrogen) atoms. The van der Waals surface area contributed by atoms with Gasteiger partial charge in [-0.05, 0) is 69.1 Å². The largest absolute Gasteiger partial charge is 0.0622 e. The summed E-state index contributed by atoms with van der Waals surface area (Å²) in [5, 5.41) is 2.80. The predicted molar refractivity (Wildman–Crippen MR) is 103 cm³/mol. The summed E-state index contributed by atoms with van der Waals surface area (Å²) in [6, 6.07) is 26.4. The Balaban J connectivity index is 2.05. The molecule has 0 saturated heterocycles. The molecule has 4 aromatic carbocycles. The molecule has 0 aromatic heterocycles. The molecule has 0 nitrogen and oxygen atoms in total. The lowest BCUT2D eigenvalue weighted by atomic mass is 9.86. The van der Waals surface area contributed by atoms with E-state index >= 15 is 0 Å². The molecule has 0 radical (unpaired) electrons. The van der Waals surface area contributed by atoms with Crippen LogP contribution in [0.3, 0.4) is 0 Å². The van der Waals surface area contributed by atoms with E-state index in [-0.39, 0.29) is 0 Å². The highest BCUT2D eigenvalue weighted by atomic mass is 14.3. The fourth-order valence-electron chi connectivity index (χ4n) is 4.23. The Labute approximate surface area is 142 Å². The summed E-state index contributed by atoms with van der Waals surface area (Å²) < 4.78 is 0. The van der Waals surface area contributed by atoms with Gasteiger partial charge in [-0.1, -0.05) is 72.8 Å². The Morgan fingerprint density at radius 2 is 1.17 bits per heavy atom. The maximum absolute atomic E-state index is 2.27. The van der Waals surface area contributed by atoms with Crippen molar-refractivity contribution in [3.05, 3.63) is 83.9 Å². The van der Waals surface area contributed by atoms with Crippen LogP contribution in [0, 0.1) is 13.8 Å². The van der Waals surface area contributed by atoms with Crippen LogP contribution in [0.5, 0.6) is 0 Å². The van der Waals surface area contributed by atoms with Crippen LogP contribution in [-0.4, -0.2) is 0 Å². The lowest BCUT2D eigenvalue weighted by molar-refractivity contribution is 1.38. The van der Waals surface area contributed by atoms with Gasteiger partial charge in [0, 0.05) is 0 Å². The van der Waals surface area contributed by atoms with Gasteiger partial charge in [0.05, 0.1) is 0 Å². The van der Waals surface area contributed by atoms with Crippen molar-refractivity contribution in [2.45, 2.75) is 13.8 Å². The Morgan fingerprint density at radius 3 is 1.96 bits per heavy atom. The Morgan fingerprint density at radius 1 is 0.500 bits per heavy atom. The predicted octanol–water partition coefficient (Wildman–Crippen LogP) is 6.77. The summed E-state index contributed by atoms with van der Waals surface area (Å²) in [6.07, 6.45) is 0. The summed E-state index contributed by atoms with van der Waals surface area (Å²) in [7, 11) is 0. The zero-order chi connectivity index (χ0) is 16.3. The van der Waals surface area contributed by atoms with Crippen molar-refractivity contribution >= 4 is 10.8 Å². The number of aryl methyl sites for hydroxylation is 1. The molecular formula is C24H18. The fourth-order valence-corrected chi connectivity index (χ4v) is 4.23. The standard InChI is InChI=1S/C24H18/c1-15-16(2)22(17-9-4-3-5-10-17)24-21-12-7-6-11-19(21)20-14-8-13-18(15)23(20)24/h3-14H,1-2H3. The van der Waals surface area contributed by atoms with Gasteiger partial charge in [0.2, 0.25) is 0 Å². The monoisotopic (exact) mass is 306 g/mol. The average Bonchev–Trinajstić information content (AvgIpc) is 2.97. The topological polar surface area (TPSA) is 0 Å². The molecule has 0 bridgehead atoms. The molecule has 114 valence electrons. The van der Waals surface area contributed by atoms with Gasteiger partial charge in [0.1, 0.15) is 0 Å². The lowest BCUT2D eigenvalue weighted by Gasteiger charge is -2.17. The van der Waals surface area contributed by atoms with Crippen molar-refractivity contribution in [3.8, 4) is 33.4 Å². The third-order valence-corrected chi connectivity index (χ3v) is 5.46. The van der Waals surface area contributed by atoms with Crippen LogP contribution in [0.1, 0.15) is 11.1 Å². The number of benzene rings is 4. The SMILES string of the molecule is Cc1c(-c2ccccc2)c2c3c(cccc3c1C)-c1ccccc1-2. The van der Waals surface area contributed by atoms with Crippen LogP contribution >= 0.6 is 0 Å². The van der Waals surface area contributed by atoms with E-state index < -0.39 is 0 Å². The van der Waals surface area contributed by atoms with Gasteiger partial charge < -0.3 is 0 Å². The average molecular weight is 306 g/mol. The zero-order valence-corrected chi connectivity index (χ0v) is 13.9. The number of hydrogen-bond acceptors (Lipinski definition) is 0. The number of rotatable bonds is 1. The van der Waals surface area contributed by atoms with Crippen molar-refractivity contribution in [1.82, 2.24) is 0 Å². The molecule has 0 saturated carbocycles. The van der Waals surface area contributed by atoms with E-state index in [9.17, 15) is 0 Å². The fraction of sp³-hybridized carbons (Fsp3) is 0.0833. The quantitative estimate of drug-likeness (QED) is 0.320. The van der Waals surface area contributed by atoms with Gasteiger partial charge in [-0.3, -0.25) is 0 Å². The number of fused-ring (bicyclic) bond motifs is 3. The van der Waals surface area contributed by atoms with Gasteiger partial charge >= 0.3 is 0 Å².